The highest BCUT2D eigenvalue weighted by molar-refractivity contribution is 5.94. The Morgan fingerprint density at radius 1 is 0.816 bits per heavy atom. The van der Waals surface area contributed by atoms with E-state index in [-0.39, 0.29) is 18.9 Å². The maximum atomic E-state index is 14.7. The van der Waals surface area contributed by atoms with Gasteiger partial charge >= 0.3 is 12.1 Å². The maximum Gasteiger partial charge on any atom is 0.408 e. The fourth-order valence-corrected chi connectivity index (χ4v) is 5.40. The molecule has 3 atom stereocenters. The molecule has 0 radical (unpaired) electrons. The highest BCUT2D eigenvalue weighted by Gasteiger charge is 2.39. The molecule has 0 aliphatic rings. The number of rotatable bonds is 16. The molecule has 0 bridgehead atoms. The van der Waals surface area contributed by atoms with Gasteiger partial charge in [-0.25, -0.2) is 9.59 Å². The van der Waals surface area contributed by atoms with E-state index < -0.39 is 53.2 Å². The van der Waals surface area contributed by atoms with Crippen LogP contribution in [0.25, 0.3) is 0 Å². The topological polar surface area (TPSA) is 114 Å². The molecule has 49 heavy (non-hydrogen) atoms. The molecule has 3 amide bonds. The molecule has 0 heterocycles. The largest absolute Gasteiger partial charge is 0.458 e. The minimum Gasteiger partial charge on any atom is -0.458 e. The third-order valence-corrected chi connectivity index (χ3v) is 7.49. The summed E-state index contributed by atoms with van der Waals surface area (Å²) < 4.78 is 11.3. The van der Waals surface area contributed by atoms with E-state index in [1.54, 1.807) is 65.8 Å². The van der Waals surface area contributed by atoms with Gasteiger partial charge in [-0.15, -0.1) is 6.42 Å². The molecule has 2 N–H and O–H groups in total. The molecule has 0 aliphatic carbocycles. The number of terminal acetylenes is 1. The summed E-state index contributed by atoms with van der Waals surface area (Å²) in [5.74, 6) is 1.07. The minimum absolute atomic E-state index is 0.0264. The Balaban J connectivity index is 2.69. The summed E-state index contributed by atoms with van der Waals surface area (Å²) in [5.41, 5.74) is 0.121. The van der Waals surface area contributed by atoms with Crippen molar-refractivity contribution in [2.75, 3.05) is 6.54 Å². The number of nitrogens with one attached hydrogen (secondary N) is 2. The Morgan fingerprint density at radius 2 is 1.43 bits per heavy atom. The number of carbonyl (C=O) groups is 4. The van der Waals surface area contributed by atoms with Gasteiger partial charge in [0.15, 0.2) is 0 Å². The highest BCUT2D eigenvalue weighted by Crippen LogP contribution is 2.28. The van der Waals surface area contributed by atoms with Crippen molar-refractivity contribution in [2.45, 2.75) is 130 Å². The first kappa shape index (κ1) is 40.9. The Kier molecular flexibility index (Phi) is 15.9. The van der Waals surface area contributed by atoms with Gasteiger partial charge in [0.2, 0.25) is 11.8 Å². The van der Waals surface area contributed by atoms with Crippen molar-refractivity contribution in [1.29, 1.82) is 0 Å². The molecule has 2 aromatic rings. The highest BCUT2D eigenvalue weighted by atomic mass is 16.6. The van der Waals surface area contributed by atoms with E-state index >= 15 is 0 Å². The molecule has 0 aliphatic heterocycles. The fourth-order valence-electron chi connectivity index (χ4n) is 5.40. The van der Waals surface area contributed by atoms with Gasteiger partial charge in [0.1, 0.15) is 29.3 Å². The van der Waals surface area contributed by atoms with Gasteiger partial charge in [-0.1, -0.05) is 94.5 Å². The molecule has 2 aromatic carbocycles. The first-order valence-electron chi connectivity index (χ1n) is 17.4. The standard InChI is InChI=1S/C40H57N3O6/c1-11-13-14-20-25-43(36(45)32(26-28(3)4)42-38(47)49-40(8,9)10)34(31-24-19-18-23-30(31)12-2)35(44)41-33(37(46)48-39(5,6)7)27-29-21-16-15-17-22-29/h2,15-19,21-24,28,32-34H,11,13-14,20,25-27H2,1,3-10H3,(H,41,44)(H,42,47). The van der Waals surface area contributed by atoms with Crippen molar-refractivity contribution < 1.29 is 28.7 Å². The molecule has 9 heteroatoms. The zero-order chi connectivity index (χ0) is 36.8. The van der Waals surface area contributed by atoms with Crippen LogP contribution in [0.3, 0.4) is 0 Å². The fraction of sp³-hybridized carbons (Fsp3) is 0.550. The van der Waals surface area contributed by atoms with Crippen molar-refractivity contribution in [3.63, 3.8) is 0 Å². The molecule has 0 saturated heterocycles. The zero-order valence-corrected chi connectivity index (χ0v) is 30.9. The molecule has 0 spiro atoms. The summed E-state index contributed by atoms with van der Waals surface area (Å²) in [5, 5.41) is 5.72. The average Bonchev–Trinajstić information content (AvgIpc) is 3.00. The molecule has 0 fully saturated rings. The third-order valence-electron chi connectivity index (χ3n) is 7.49. The second kappa shape index (κ2) is 19.0. The van der Waals surface area contributed by atoms with E-state index in [2.05, 4.69) is 23.5 Å². The van der Waals surface area contributed by atoms with Crippen LogP contribution in [0.15, 0.2) is 54.6 Å². The van der Waals surface area contributed by atoms with Crippen molar-refractivity contribution in [3.8, 4) is 12.3 Å². The smallest absolute Gasteiger partial charge is 0.408 e. The van der Waals surface area contributed by atoms with E-state index in [1.165, 1.54) is 4.90 Å². The van der Waals surface area contributed by atoms with Crippen molar-refractivity contribution >= 4 is 23.9 Å². The van der Waals surface area contributed by atoms with Gasteiger partial charge in [0.05, 0.1) is 0 Å². The quantitative estimate of drug-likeness (QED) is 0.111. The molecule has 2 rings (SSSR count). The van der Waals surface area contributed by atoms with Gasteiger partial charge in [0.25, 0.3) is 0 Å². The second-order valence-electron chi connectivity index (χ2n) is 14.8. The molecule has 268 valence electrons. The molecular formula is C40H57N3O6. The molecule has 3 unspecified atom stereocenters. The number of hydrogen-bond donors (Lipinski definition) is 2. The van der Waals surface area contributed by atoms with E-state index in [9.17, 15) is 19.2 Å². The lowest BCUT2D eigenvalue weighted by Gasteiger charge is -2.36. The van der Waals surface area contributed by atoms with Crippen LogP contribution < -0.4 is 10.6 Å². The van der Waals surface area contributed by atoms with E-state index in [4.69, 9.17) is 15.9 Å². The van der Waals surface area contributed by atoms with Crippen molar-refractivity contribution in [2.24, 2.45) is 5.92 Å². The van der Waals surface area contributed by atoms with Gasteiger partial charge in [-0.3, -0.25) is 9.59 Å². The number of hydrogen-bond acceptors (Lipinski definition) is 6. The van der Waals surface area contributed by atoms with Crippen LogP contribution in [0.5, 0.6) is 0 Å². The van der Waals surface area contributed by atoms with E-state index in [0.717, 1.165) is 24.8 Å². The number of alkyl carbamates (subject to hydrolysis) is 1. The first-order chi connectivity index (χ1) is 23.0. The number of esters is 1. The third kappa shape index (κ3) is 14.4. The Bertz CT molecular complexity index is 1420. The number of nitrogens with zero attached hydrogens (tertiary/aromatic N) is 1. The number of carbonyl (C=O) groups excluding carboxylic acids is 4. The number of ether oxygens (including phenoxy) is 2. The first-order valence-corrected chi connectivity index (χ1v) is 17.4. The summed E-state index contributed by atoms with van der Waals surface area (Å²) in [6.45, 7) is 16.8. The second-order valence-corrected chi connectivity index (χ2v) is 14.8. The lowest BCUT2D eigenvalue weighted by atomic mass is 9.95. The summed E-state index contributed by atoms with van der Waals surface area (Å²) in [4.78, 5) is 57.5. The van der Waals surface area contributed by atoms with Crippen molar-refractivity contribution in [3.05, 3.63) is 71.3 Å². The van der Waals surface area contributed by atoms with E-state index in [0.29, 0.717) is 24.0 Å². The number of benzene rings is 2. The Morgan fingerprint density at radius 3 is 2.00 bits per heavy atom. The summed E-state index contributed by atoms with van der Waals surface area (Å²) >= 11 is 0. The lowest BCUT2D eigenvalue weighted by Crippen LogP contribution is -2.55. The monoisotopic (exact) mass is 675 g/mol. The average molecular weight is 676 g/mol. The predicted molar refractivity (Wildman–Crippen MR) is 194 cm³/mol. The summed E-state index contributed by atoms with van der Waals surface area (Å²) in [6.07, 6.45) is 9.06. The van der Waals surface area contributed by atoms with Gasteiger partial charge in [0, 0.05) is 18.5 Å². The normalized spacial score (nSPS) is 13.4. The van der Waals surface area contributed by atoms with Crippen LogP contribution in [-0.2, 0) is 30.3 Å². The van der Waals surface area contributed by atoms with Crippen LogP contribution in [0.2, 0.25) is 0 Å². The molecular weight excluding hydrogens is 618 g/mol. The summed E-state index contributed by atoms with van der Waals surface area (Å²) in [6, 6.07) is 13.1. The molecule has 9 nitrogen and oxygen atoms in total. The van der Waals surface area contributed by atoms with Crippen LogP contribution >= 0.6 is 0 Å². The van der Waals surface area contributed by atoms with Gasteiger partial charge in [-0.2, -0.15) is 0 Å². The Hall–Kier alpha value is -4.32. The minimum atomic E-state index is -1.21. The molecule has 0 saturated carbocycles. The van der Waals surface area contributed by atoms with Crippen LogP contribution in [0.4, 0.5) is 4.79 Å². The van der Waals surface area contributed by atoms with Gasteiger partial charge < -0.3 is 25.0 Å². The Labute approximate surface area is 293 Å². The molecule has 0 aromatic heterocycles. The lowest BCUT2D eigenvalue weighted by molar-refractivity contribution is -0.159. The van der Waals surface area contributed by atoms with Gasteiger partial charge in [-0.05, 0) is 77.5 Å². The maximum absolute atomic E-state index is 14.7. The van der Waals surface area contributed by atoms with E-state index in [1.807, 2.05) is 44.2 Å². The predicted octanol–water partition coefficient (Wildman–Crippen LogP) is 7.13. The SMILES string of the molecule is C#Cc1ccccc1C(C(=O)NC(Cc1ccccc1)C(=O)OC(C)(C)C)N(CCCCCC)C(=O)C(CC(C)C)NC(=O)OC(C)(C)C. The van der Waals surface area contributed by atoms with Crippen LogP contribution in [0.1, 0.15) is 117 Å². The zero-order valence-electron chi connectivity index (χ0n) is 30.9. The number of unbranched alkanes of at least 4 members (excludes halogenated alkanes) is 3. The van der Waals surface area contributed by atoms with Crippen molar-refractivity contribution in [1.82, 2.24) is 15.5 Å². The summed E-state index contributed by atoms with van der Waals surface area (Å²) in [7, 11) is 0. The van der Waals surface area contributed by atoms with Crippen LogP contribution in [-0.4, -0.2) is 58.6 Å². The number of amides is 3. The van der Waals surface area contributed by atoms with Crippen LogP contribution in [0, 0.1) is 18.3 Å².